The zero-order chi connectivity index (χ0) is 22.9. The lowest BCUT2D eigenvalue weighted by Crippen LogP contribution is -2.29. The molecule has 0 fully saturated rings. The summed E-state index contributed by atoms with van der Waals surface area (Å²) in [5, 5.41) is 3.72. The van der Waals surface area contributed by atoms with Crippen LogP contribution in [-0.4, -0.2) is 25.4 Å². The van der Waals surface area contributed by atoms with Gasteiger partial charge in [0.15, 0.2) is 17.3 Å². The van der Waals surface area contributed by atoms with E-state index in [0.717, 1.165) is 11.1 Å². The van der Waals surface area contributed by atoms with Crippen molar-refractivity contribution in [2.24, 2.45) is 0 Å². The Bertz CT molecular complexity index is 1070. The van der Waals surface area contributed by atoms with Gasteiger partial charge in [0, 0.05) is 17.0 Å². The second-order valence-electron chi connectivity index (χ2n) is 7.34. The summed E-state index contributed by atoms with van der Waals surface area (Å²) in [6, 6.07) is 22.0. The lowest BCUT2D eigenvalue weighted by Gasteiger charge is -2.20. The number of halogens is 1. The Morgan fingerprint density at radius 3 is 2.38 bits per heavy atom. The third-order valence-corrected chi connectivity index (χ3v) is 5.23. The summed E-state index contributed by atoms with van der Waals surface area (Å²) < 4.78 is 11.1. The second-order valence-corrected chi connectivity index (χ2v) is 7.78. The zero-order valence-corrected chi connectivity index (χ0v) is 18.9. The van der Waals surface area contributed by atoms with Crippen LogP contribution in [0.1, 0.15) is 47.3 Å². The molecule has 0 heterocycles. The van der Waals surface area contributed by atoms with Gasteiger partial charge in [-0.15, -0.1) is 0 Å². The molecule has 5 nitrogen and oxygen atoms in total. The fourth-order valence-corrected chi connectivity index (χ4v) is 3.54. The number of carbonyl (C=O) groups excluding carboxylic acids is 2. The summed E-state index contributed by atoms with van der Waals surface area (Å²) in [4.78, 5) is 24.2. The first-order chi connectivity index (χ1) is 15.5. The number of amides is 1. The highest BCUT2D eigenvalue weighted by molar-refractivity contribution is 6.30. The van der Waals surface area contributed by atoms with Crippen molar-refractivity contribution in [2.45, 2.75) is 25.8 Å². The highest BCUT2D eigenvalue weighted by atomic mass is 35.5. The van der Waals surface area contributed by atoms with Crippen molar-refractivity contribution in [3.63, 3.8) is 0 Å². The Labute approximate surface area is 193 Å². The van der Waals surface area contributed by atoms with Crippen molar-refractivity contribution in [1.82, 2.24) is 5.32 Å². The monoisotopic (exact) mass is 451 g/mol. The first-order valence-corrected chi connectivity index (χ1v) is 10.8. The van der Waals surface area contributed by atoms with Crippen LogP contribution in [0.3, 0.4) is 0 Å². The molecule has 1 amide bonds. The molecule has 0 saturated heterocycles. The van der Waals surface area contributed by atoms with E-state index in [-0.39, 0.29) is 17.7 Å². The average Bonchev–Trinajstić information content (AvgIpc) is 2.80. The van der Waals surface area contributed by atoms with Gasteiger partial charge in [0.1, 0.15) is 0 Å². The highest BCUT2D eigenvalue weighted by Crippen LogP contribution is 2.28. The molecule has 3 rings (SSSR count). The molecular weight excluding hydrogens is 426 g/mol. The minimum absolute atomic E-state index is 0.0424. The van der Waals surface area contributed by atoms with E-state index in [2.05, 4.69) is 5.32 Å². The minimum atomic E-state index is -0.289. The molecule has 0 bridgehead atoms. The molecule has 0 saturated carbocycles. The minimum Gasteiger partial charge on any atom is -0.493 e. The predicted molar refractivity (Wildman–Crippen MR) is 126 cm³/mol. The summed E-state index contributed by atoms with van der Waals surface area (Å²) in [7, 11) is 1.53. The molecule has 3 aromatic rings. The maximum absolute atomic E-state index is 12.7. The molecule has 0 aliphatic heterocycles. The Balaban J connectivity index is 1.59. The molecule has 0 radical (unpaired) electrons. The standard InChI is InChI=1S/C26H26ClNO4/c1-18(29)20-13-14-23(24(17-20)31-2)32-15-7-12-25(30)28-26(19-8-4-3-5-9-19)21-10-6-11-22(27)16-21/h3-6,8-11,13-14,16-17,26H,7,12,15H2,1-2H3,(H,28,30). The van der Waals surface area contributed by atoms with Crippen LogP contribution in [0.5, 0.6) is 11.5 Å². The van der Waals surface area contributed by atoms with Crippen molar-refractivity contribution >= 4 is 23.3 Å². The van der Waals surface area contributed by atoms with Gasteiger partial charge in [-0.05, 0) is 54.8 Å². The molecule has 1 unspecified atom stereocenters. The van der Waals surface area contributed by atoms with Crippen LogP contribution in [0.25, 0.3) is 0 Å². The molecule has 1 N–H and O–H groups in total. The summed E-state index contributed by atoms with van der Waals surface area (Å²) in [6.07, 6.45) is 0.832. The third-order valence-electron chi connectivity index (χ3n) is 5.00. The van der Waals surface area contributed by atoms with Gasteiger partial charge in [0.25, 0.3) is 0 Å². The van der Waals surface area contributed by atoms with Crippen molar-refractivity contribution < 1.29 is 19.1 Å². The van der Waals surface area contributed by atoms with Crippen LogP contribution >= 0.6 is 11.6 Å². The molecule has 3 aromatic carbocycles. The topological polar surface area (TPSA) is 64.6 Å². The molecular formula is C26H26ClNO4. The zero-order valence-electron chi connectivity index (χ0n) is 18.1. The van der Waals surface area contributed by atoms with E-state index in [9.17, 15) is 9.59 Å². The number of nitrogens with one attached hydrogen (secondary N) is 1. The van der Waals surface area contributed by atoms with Crippen molar-refractivity contribution in [3.05, 3.63) is 94.5 Å². The number of Topliss-reactive ketones (excluding diaryl/α,β-unsaturated/α-hetero) is 1. The highest BCUT2D eigenvalue weighted by Gasteiger charge is 2.17. The molecule has 0 aliphatic rings. The Morgan fingerprint density at radius 2 is 1.69 bits per heavy atom. The van der Waals surface area contributed by atoms with E-state index in [1.54, 1.807) is 18.2 Å². The number of rotatable bonds is 10. The fourth-order valence-electron chi connectivity index (χ4n) is 3.34. The SMILES string of the molecule is COc1cc(C(C)=O)ccc1OCCCC(=O)NC(c1ccccc1)c1cccc(Cl)c1. The number of carbonyl (C=O) groups is 2. The van der Waals surface area contributed by atoms with Crippen LogP contribution in [-0.2, 0) is 4.79 Å². The number of hydrogen-bond acceptors (Lipinski definition) is 4. The van der Waals surface area contributed by atoms with E-state index in [1.807, 2.05) is 54.6 Å². The van der Waals surface area contributed by atoms with Crippen molar-refractivity contribution in [1.29, 1.82) is 0 Å². The van der Waals surface area contributed by atoms with E-state index < -0.39 is 0 Å². The quantitative estimate of drug-likeness (QED) is 0.321. The van der Waals surface area contributed by atoms with Gasteiger partial charge in [-0.1, -0.05) is 54.1 Å². The lowest BCUT2D eigenvalue weighted by molar-refractivity contribution is -0.121. The lowest BCUT2D eigenvalue weighted by atomic mass is 9.98. The van der Waals surface area contributed by atoms with Gasteiger partial charge in [-0.25, -0.2) is 0 Å². The summed E-state index contributed by atoms with van der Waals surface area (Å²) in [5.41, 5.74) is 2.46. The molecule has 6 heteroatoms. The van der Waals surface area contributed by atoms with Crippen molar-refractivity contribution in [3.8, 4) is 11.5 Å². The number of ketones is 1. The van der Waals surface area contributed by atoms with Crippen LogP contribution in [0.4, 0.5) is 0 Å². The summed E-state index contributed by atoms with van der Waals surface area (Å²) >= 11 is 6.17. The normalized spacial score (nSPS) is 11.5. The fraction of sp³-hybridized carbons (Fsp3) is 0.231. The Hall–Kier alpha value is -3.31. The first-order valence-electron chi connectivity index (χ1n) is 10.4. The summed E-state index contributed by atoms with van der Waals surface area (Å²) in [5.74, 6) is 0.909. The van der Waals surface area contributed by atoms with E-state index in [0.29, 0.717) is 41.5 Å². The van der Waals surface area contributed by atoms with Gasteiger partial charge in [-0.2, -0.15) is 0 Å². The van der Waals surface area contributed by atoms with Crippen molar-refractivity contribution in [2.75, 3.05) is 13.7 Å². The largest absolute Gasteiger partial charge is 0.493 e. The van der Waals surface area contributed by atoms with E-state index in [1.165, 1.54) is 14.0 Å². The van der Waals surface area contributed by atoms with Gasteiger partial charge >= 0.3 is 0 Å². The molecule has 0 spiro atoms. The maximum atomic E-state index is 12.7. The average molecular weight is 452 g/mol. The molecule has 0 aliphatic carbocycles. The maximum Gasteiger partial charge on any atom is 0.220 e. The molecule has 1 atom stereocenters. The van der Waals surface area contributed by atoms with Gasteiger partial charge in [-0.3, -0.25) is 9.59 Å². The number of ether oxygens (including phenoxy) is 2. The Kier molecular flexibility index (Phi) is 8.28. The Morgan fingerprint density at radius 1 is 0.938 bits per heavy atom. The number of benzene rings is 3. The van der Waals surface area contributed by atoms with Crippen LogP contribution < -0.4 is 14.8 Å². The van der Waals surface area contributed by atoms with Gasteiger partial charge in [0.05, 0.1) is 19.8 Å². The van der Waals surface area contributed by atoms with Gasteiger partial charge in [0.2, 0.25) is 5.91 Å². The first kappa shape index (κ1) is 23.4. The van der Waals surface area contributed by atoms with Crippen LogP contribution in [0.2, 0.25) is 5.02 Å². The smallest absolute Gasteiger partial charge is 0.220 e. The predicted octanol–water partition coefficient (Wildman–Crippen LogP) is 5.62. The third kappa shape index (κ3) is 6.34. The van der Waals surface area contributed by atoms with Gasteiger partial charge < -0.3 is 14.8 Å². The molecule has 166 valence electrons. The second kappa shape index (κ2) is 11.3. The van der Waals surface area contributed by atoms with Crippen LogP contribution in [0, 0.1) is 0 Å². The number of methoxy groups -OCH3 is 1. The summed E-state index contributed by atoms with van der Waals surface area (Å²) in [6.45, 7) is 1.84. The molecule has 0 aromatic heterocycles. The van der Waals surface area contributed by atoms with Crippen LogP contribution in [0.15, 0.2) is 72.8 Å². The van der Waals surface area contributed by atoms with E-state index in [4.69, 9.17) is 21.1 Å². The number of hydrogen-bond donors (Lipinski definition) is 1. The van der Waals surface area contributed by atoms with E-state index >= 15 is 0 Å². The molecule has 32 heavy (non-hydrogen) atoms.